The van der Waals surface area contributed by atoms with Gasteiger partial charge in [-0.3, -0.25) is 9.59 Å². The summed E-state index contributed by atoms with van der Waals surface area (Å²) < 4.78 is 13.1. The van der Waals surface area contributed by atoms with Crippen molar-refractivity contribution in [2.45, 2.75) is 32.6 Å². The molecule has 0 aliphatic carbocycles. The number of anilines is 1. The summed E-state index contributed by atoms with van der Waals surface area (Å²) in [6.45, 7) is 6.25. The van der Waals surface area contributed by atoms with Gasteiger partial charge in [0.2, 0.25) is 11.8 Å². The van der Waals surface area contributed by atoms with Crippen molar-refractivity contribution in [3.63, 3.8) is 0 Å². The first-order valence-corrected chi connectivity index (χ1v) is 9.65. The molecule has 142 valence electrons. The molecule has 3 rings (SSSR count). The van der Waals surface area contributed by atoms with E-state index in [1.54, 1.807) is 12.1 Å². The van der Waals surface area contributed by atoms with Crippen molar-refractivity contribution < 1.29 is 14.0 Å². The number of carbonyl (C=O) groups is 2. The predicted octanol–water partition coefficient (Wildman–Crippen LogP) is 2.51. The first-order chi connectivity index (χ1) is 12.6. The van der Waals surface area contributed by atoms with Gasteiger partial charge in [-0.2, -0.15) is 0 Å². The SMILES string of the molecule is CCCCCN1CC(C(=O)N2CCN(c3ccc(F)cc3)CC2)CC1=O. The van der Waals surface area contributed by atoms with Crippen molar-refractivity contribution in [2.24, 2.45) is 5.92 Å². The Bertz CT molecular complexity index is 626. The van der Waals surface area contributed by atoms with Gasteiger partial charge in [-0.1, -0.05) is 19.8 Å². The Morgan fingerprint density at radius 2 is 1.81 bits per heavy atom. The van der Waals surface area contributed by atoms with Crippen molar-refractivity contribution in [2.75, 3.05) is 44.2 Å². The molecule has 1 atom stereocenters. The minimum Gasteiger partial charge on any atom is -0.368 e. The number of rotatable bonds is 6. The Kier molecular flexibility index (Phi) is 6.12. The fourth-order valence-corrected chi connectivity index (χ4v) is 3.80. The van der Waals surface area contributed by atoms with Gasteiger partial charge in [0.1, 0.15) is 5.82 Å². The second-order valence-electron chi connectivity index (χ2n) is 7.24. The van der Waals surface area contributed by atoms with E-state index >= 15 is 0 Å². The molecule has 0 bridgehead atoms. The molecular weight excluding hydrogens is 333 g/mol. The molecule has 0 spiro atoms. The van der Waals surface area contributed by atoms with Gasteiger partial charge in [-0.25, -0.2) is 4.39 Å². The Labute approximate surface area is 154 Å². The largest absolute Gasteiger partial charge is 0.368 e. The van der Waals surface area contributed by atoms with Crippen LogP contribution in [-0.2, 0) is 9.59 Å². The summed E-state index contributed by atoms with van der Waals surface area (Å²) in [5.74, 6) is -0.210. The maximum absolute atomic E-state index is 13.1. The van der Waals surface area contributed by atoms with Gasteiger partial charge in [0.05, 0.1) is 5.92 Å². The van der Waals surface area contributed by atoms with Crippen LogP contribution >= 0.6 is 0 Å². The van der Waals surface area contributed by atoms with Crippen molar-refractivity contribution in [1.29, 1.82) is 0 Å². The number of amides is 2. The van der Waals surface area contributed by atoms with Gasteiger partial charge < -0.3 is 14.7 Å². The minimum atomic E-state index is -0.239. The smallest absolute Gasteiger partial charge is 0.228 e. The highest BCUT2D eigenvalue weighted by molar-refractivity contribution is 5.89. The third-order valence-electron chi connectivity index (χ3n) is 5.38. The summed E-state index contributed by atoms with van der Waals surface area (Å²) in [7, 11) is 0. The molecule has 2 fully saturated rings. The molecule has 1 unspecified atom stereocenters. The first-order valence-electron chi connectivity index (χ1n) is 9.65. The molecule has 5 nitrogen and oxygen atoms in total. The standard InChI is InChI=1S/C20H28FN3O2/c1-2-3-4-9-24-15-16(14-19(24)25)20(26)23-12-10-22(11-13-23)18-7-5-17(21)6-8-18/h5-8,16H,2-4,9-15H2,1H3. The molecular formula is C20H28FN3O2. The maximum Gasteiger partial charge on any atom is 0.228 e. The molecule has 26 heavy (non-hydrogen) atoms. The molecule has 2 aliphatic rings. The third kappa shape index (κ3) is 4.34. The highest BCUT2D eigenvalue weighted by atomic mass is 19.1. The van der Waals surface area contributed by atoms with Crippen LogP contribution in [0.15, 0.2) is 24.3 Å². The number of hydrogen-bond donors (Lipinski definition) is 0. The van der Waals surface area contributed by atoms with Crippen LogP contribution in [0.4, 0.5) is 10.1 Å². The van der Waals surface area contributed by atoms with Crippen LogP contribution in [0.2, 0.25) is 0 Å². The molecule has 0 aromatic heterocycles. The summed E-state index contributed by atoms with van der Waals surface area (Å²) in [4.78, 5) is 30.8. The molecule has 2 heterocycles. The Morgan fingerprint density at radius 1 is 1.12 bits per heavy atom. The normalized spacial score (nSPS) is 20.8. The zero-order valence-corrected chi connectivity index (χ0v) is 15.5. The predicted molar refractivity (Wildman–Crippen MR) is 99.4 cm³/mol. The Balaban J connectivity index is 1.49. The lowest BCUT2D eigenvalue weighted by Crippen LogP contribution is -2.50. The van der Waals surface area contributed by atoms with Crippen LogP contribution in [-0.4, -0.2) is 60.9 Å². The summed E-state index contributed by atoms with van der Waals surface area (Å²) >= 11 is 0. The van der Waals surface area contributed by atoms with Crippen LogP contribution in [0.25, 0.3) is 0 Å². The second kappa shape index (κ2) is 8.52. The van der Waals surface area contributed by atoms with E-state index in [-0.39, 0.29) is 23.5 Å². The number of nitrogens with zero attached hydrogens (tertiary/aromatic N) is 3. The van der Waals surface area contributed by atoms with E-state index in [0.29, 0.717) is 26.1 Å². The lowest BCUT2D eigenvalue weighted by molar-refractivity contribution is -0.136. The molecule has 2 aliphatic heterocycles. The molecule has 6 heteroatoms. The number of piperazine rings is 1. The van der Waals surface area contributed by atoms with E-state index < -0.39 is 0 Å². The van der Waals surface area contributed by atoms with E-state index in [1.807, 2.05) is 9.80 Å². The monoisotopic (exact) mass is 361 g/mol. The summed E-state index contributed by atoms with van der Waals surface area (Å²) in [5.41, 5.74) is 0.983. The number of unbranched alkanes of at least 4 members (excludes halogenated alkanes) is 2. The number of hydrogen-bond acceptors (Lipinski definition) is 3. The molecule has 0 N–H and O–H groups in total. The van der Waals surface area contributed by atoms with Gasteiger partial charge in [0, 0.05) is 51.4 Å². The van der Waals surface area contributed by atoms with Gasteiger partial charge >= 0.3 is 0 Å². The summed E-state index contributed by atoms with van der Waals surface area (Å²) in [6, 6.07) is 6.47. The van der Waals surface area contributed by atoms with Crippen LogP contribution in [0.1, 0.15) is 32.6 Å². The van der Waals surface area contributed by atoms with Gasteiger partial charge in [0.15, 0.2) is 0 Å². The summed E-state index contributed by atoms with van der Waals surface area (Å²) in [6.07, 6.45) is 3.61. The average molecular weight is 361 g/mol. The molecule has 2 amide bonds. The quantitative estimate of drug-likeness (QED) is 0.732. The van der Waals surface area contributed by atoms with Crippen molar-refractivity contribution in [1.82, 2.24) is 9.80 Å². The zero-order valence-electron chi connectivity index (χ0n) is 15.5. The van der Waals surface area contributed by atoms with Crippen LogP contribution in [0, 0.1) is 11.7 Å². The number of halogens is 1. The highest BCUT2D eigenvalue weighted by Crippen LogP contribution is 2.23. The van der Waals surface area contributed by atoms with Crippen molar-refractivity contribution in [3.05, 3.63) is 30.1 Å². The zero-order chi connectivity index (χ0) is 18.5. The van der Waals surface area contributed by atoms with Crippen molar-refractivity contribution in [3.8, 4) is 0 Å². The minimum absolute atomic E-state index is 0.107. The lowest BCUT2D eigenvalue weighted by Gasteiger charge is -2.37. The second-order valence-corrected chi connectivity index (χ2v) is 7.24. The topological polar surface area (TPSA) is 43.9 Å². The molecule has 1 aromatic rings. The molecule has 0 radical (unpaired) electrons. The van der Waals surface area contributed by atoms with E-state index in [2.05, 4.69) is 11.8 Å². The van der Waals surface area contributed by atoms with Crippen LogP contribution in [0.3, 0.4) is 0 Å². The Hall–Kier alpha value is -2.11. The van der Waals surface area contributed by atoms with E-state index in [9.17, 15) is 14.0 Å². The fraction of sp³-hybridized carbons (Fsp3) is 0.600. The lowest BCUT2D eigenvalue weighted by atomic mass is 10.1. The molecule has 0 saturated carbocycles. The van der Waals surface area contributed by atoms with Gasteiger partial charge in [0.25, 0.3) is 0 Å². The van der Waals surface area contributed by atoms with E-state index in [0.717, 1.165) is 44.6 Å². The summed E-state index contributed by atoms with van der Waals surface area (Å²) in [5, 5.41) is 0. The molecule has 2 saturated heterocycles. The number of benzene rings is 1. The van der Waals surface area contributed by atoms with E-state index in [1.165, 1.54) is 12.1 Å². The third-order valence-corrected chi connectivity index (χ3v) is 5.38. The van der Waals surface area contributed by atoms with E-state index in [4.69, 9.17) is 0 Å². The number of likely N-dealkylation sites (tertiary alicyclic amines) is 1. The highest BCUT2D eigenvalue weighted by Gasteiger charge is 2.36. The average Bonchev–Trinajstić information content (AvgIpc) is 3.03. The fourth-order valence-electron chi connectivity index (χ4n) is 3.80. The van der Waals surface area contributed by atoms with Crippen molar-refractivity contribution >= 4 is 17.5 Å². The number of carbonyl (C=O) groups excluding carboxylic acids is 2. The Morgan fingerprint density at radius 3 is 2.46 bits per heavy atom. The van der Waals surface area contributed by atoms with Crippen LogP contribution < -0.4 is 4.90 Å². The molecule has 1 aromatic carbocycles. The first kappa shape index (κ1) is 18.7. The van der Waals surface area contributed by atoms with Gasteiger partial charge in [-0.05, 0) is 30.7 Å². The van der Waals surface area contributed by atoms with Crippen LogP contribution in [0.5, 0.6) is 0 Å². The van der Waals surface area contributed by atoms with Gasteiger partial charge in [-0.15, -0.1) is 0 Å². The maximum atomic E-state index is 13.1.